The molecule has 5 nitrogen and oxygen atoms in total. The highest BCUT2D eigenvalue weighted by atomic mass is 79.9. The zero-order valence-electron chi connectivity index (χ0n) is 10.1. The minimum atomic E-state index is -0.476. The summed E-state index contributed by atoms with van der Waals surface area (Å²) in [6.45, 7) is 2.41. The van der Waals surface area contributed by atoms with Gasteiger partial charge in [0.25, 0.3) is 5.19 Å². The number of halogens is 1. The largest absolute Gasteiger partial charge is 0.464 e. The minimum Gasteiger partial charge on any atom is -0.464 e. The molecule has 2 aromatic rings. The number of aromatic nitrogens is 2. The molecular formula is C12H11BrN2O3S. The van der Waals surface area contributed by atoms with E-state index in [0.717, 1.165) is 21.4 Å². The summed E-state index contributed by atoms with van der Waals surface area (Å²) in [5.41, 5.74) is 0.996. The molecule has 0 radical (unpaired) electrons. The lowest BCUT2D eigenvalue weighted by molar-refractivity contribution is 0.0525. The maximum absolute atomic E-state index is 11.4. The van der Waals surface area contributed by atoms with Crippen LogP contribution in [0.25, 0.3) is 0 Å². The second kappa shape index (κ2) is 6.63. The normalized spacial score (nSPS) is 10.2. The van der Waals surface area contributed by atoms with E-state index in [-0.39, 0.29) is 5.01 Å². The predicted molar refractivity (Wildman–Crippen MR) is 74.3 cm³/mol. The summed E-state index contributed by atoms with van der Waals surface area (Å²) in [5.74, 6) is -0.476. The van der Waals surface area contributed by atoms with Crippen LogP contribution in [0.5, 0.6) is 5.19 Å². The van der Waals surface area contributed by atoms with Crippen molar-refractivity contribution < 1.29 is 14.3 Å². The smallest absolute Gasteiger partial charge is 0.369 e. The van der Waals surface area contributed by atoms with Crippen molar-refractivity contribution in [1.29, 1.82) is 0 Å². The number of hydrogen-bond donors (Lipinski definition) is 0. The fourth-order valence-electron chi connectivity index (χ4n) is 1.30. The molecule has 0 N–H and O–H groups in total. The van der Waals surface area contributed by atoms with Gasteiger partial charge in [0, 0.05) is 10.0 Å². The van der Waals surface area contributed by atoms with Crippen LogP contribution in [0.4, 0.5) is 0 Å². The standard InChI is InChI=1S/C12H11BrN2O3S/c1-2-17-11(16)10-14-15-12(19-10)18-7-8-5-3-4-6-9(8)13/h3-6H,2,7H2,1H3. The molecule has 1 aromatic heterocycles. The minimum absolute atomic E-state index is 0.198. The van der Waals surface area contributed by atoms with Gasteiger partial charge in [-0.1, -0.05) is 39.2 Å². The summed E-state index contributed by atoms with van der Waals surface area (Å²) >= 11 is 4.50. The van der Waals surface area contributed by atoms with Crippen molar-refractivity contribution in [3.8, 4) is 5.19 Å². The molecule has 7 heteroatoms. The Morgan fingerprint density at radius 3 is 2.89 bits per heavy atom. The third kappa shape index (κ3) is 3.74. The number of hydrogen-bond acceptors (Lipinski definition) is 6. The second-order valence-electron chi connectivity index (χ2n) is 3.47. The molecule has 0 aliphatic heterocycles. The SMILES string of the molecule is CCOC(=O)c1nnc(OCc2ccccc2Br)s1. The first-order valence-corrected chi connectivity index (χ1v) is 7.18. The van der Waals surface area contributed by atoms with Crippen LogP contribution >= 0.6 is 27.3 Å². The summed E-state index contributed by atoms with van der Waals surface area (Å²) in [5, 5.41) is 8.07. The van der Waals surface area contributed by atoms with E-state index in [4.69, 9.17) is 9.47 Å². The molecule has 100 valence electrons. The van der Waals surface area contributed by atoms with Crippen molar-refractivity contribution >= 4 is 33.2 Å². The van der Waals surface area contributed by atoms with Gasteiger partial charge < -0.3 is 9.47 Å². The van der Waals surface area contributed by atoms with Crippen LogP contribution < -0.4 is 4.74 Å². The number of ether oxygens (including phenoxy) is 2. The fourth-order valence-corrected chi connectivity index (χ4v) is 2.29. The Kier molecular flexibility index (Phi) is 4.86. The molecule has 0 unspecified atom stereocenters. The van der Waals surface area contributed by atoms with E-state index in [1.165, 1.54) is 0 Å². The van der Waals surface area contributed by atoms with Gasteiger partial charge in [0.05, 0.1) is 6.61 Å². The van der Waals surface area contributed by atoms with E-state index in [9.17, 15) is 4.79 Å². The Hall–Kier alpha value is -1.47. The number of nitrogens with zero attached hydrogens (tertiary/aromatic N) is 2. The number of benzene rings is 1. The summed E-state index contributed by atoms with van der Waals surface area (Å²) in [4.78, 5) is 11.4. The van der Waals surface area contributed by atoms with Crippen LogP contribution in [0.15, 0.2) is 28.7 Å². The molecule has 0 amide bonds. The van der Waals surface area contributed by atoms with Crippen molar-refractivity contribution in [2.45, 2.75) is 13.5 Å². The molecule has 2 rings (SSSR count). The van der Waals surface area contributed by atoms with Crippen LogP contribution in [0.3, 0.4) is 0 Å². The van der Waals surface area contributed by atoms with Crippen molar-refractivity contribution in [2.75, 3.05) is 6.61 Å². The van der Waals surface area contributed by atoms with E-state index < -0.39 is 5.97 Å². The monoisotopic (exact) mass is 342 g/mol. The topological polar surface area (TPSA) is 61.3 Å². The van der Waals surface area contributed by atoms with E-state index >= 15 is 0 Å². The lowest BCUT2D eigenvalue weighted by atomic mass is 10.2. The van der Waals surface area contributed by atoms with Crippen molar-refractivity contribution in [1.82, 2.24) is 10.2 Å². The van der Waals surface area contributed by atoms with Crippen LogP contribution in [-0.4, -0.2) is 22.8 Å². The molecule has 0 fully saturated rings. The molecule has 0 aliphatic carbocycles. The van der Waals surface area contributed by atoms with Crippen LogP contribution in [0.2, 0.25) is 0 Å². The van der Waals surface area contributed by atoms with Crippen LogP contribution in [0.1, 0.15) is 22.3 Å². The number of carbonyl (C=O) groups excluding carboxylic acids is 1. The van der Waals surface area contributed by atoms with Gasteiger partial charge in [-0.3, -0.25) is 0 Å². The van der Waals surface area contributed by atoms with Gasteiger partial charge in [-0.05, 0) is 24.3 Å². The zero-order valence-corrected chi connectivity index (χ0v) is 12.5. The van der Waals surface area contributed by atoms with Gasteiger partial charge >= 0.3 is 5.97 Å². The Labute approximate surface area is 122 Å². The van der Waals surface area contributed by atoms with E-state index in [2.05, 4.69) is 26.1 Å². The number of rotatable bonds is 5. The van der Waals surface area contributed by atoms with Crippen LogP contribution in [-0.2, 0) is 11.3 Å². The molecule has 0 saturated heterocycles. The summed E-state index contributed by atoms with van der Waals surface area (Å²) in [6, 6.07) is 7.73. The van der Waals surface area contributed by atoms with Crippen molar-refractivity contribution in [3.05, 3.63) is 39.3 Å². The summed E-state index contributed by atoms with van der Waals surface area (Å²) in [7, 11) is 0. The van der Waals surface area contributed by atoms with Gasteiger partial charge in [0.1, 0.15) is 6.61 Å². The maximum Gasteiger partial charge on any atom is 0.369 e. The van der Waals surface area contributed by atoms with E-state index in [0.29, 0.717) is 18.4 Å². The van der Waals surface area contributed by atoms with Gasteiger partial charge in [0.2, 0.25) is 5.01 Å². The van der Waals surface area contributed by atoms with Crippen molar-refractivity contribution in [3.63, 3.8) is 0 Å². The molecule has 1 heterocycles. The molecule has 0 aliphatic rings. The van der Waals surface area contributed by atoms with E-state index in [1.807, 2.05) is 24.3 Å². The average molecular weight is 343 g/mol. The molecule has 0 spiro atoms. The quantitative estimate of drug-likeness (QED) is 0.781. The summed E-state index contributed by atoms with van der Waals surface area (Å²) in [6.07, 6.45) is 0. The Morgan fingerprint density at radius 2 is 2.16 bits per heavy atom. The van der Waals surface area contributed by atoms with Crippen LogP contribution in [0, 0.1) is 0 Å². The van der Waals surface area contributed by atoms with Gasteiger partial charge in [-0.15, -0.1) is 5.10 Å². The number of carbonyl (C=O) groups is 1. The number of esters is 1. The van der Waals surface area contributed by atoms with Gasteiger partial charge in [0.15, 0.2) is 0 Å². The summed E-state index contributed by atoms with van der Waals surface area (Å²) < 4.78 is 11.3. The predicted octanol–water partition coefficient (Wildman–Crippen LogP) is 3.06. The highest BCUT2D eigenvalue weighted by Gasteiger charge is 2.14. The van der Waals surface area contributed by atoms with E-state index in [1.54, 1.807) is 6.92 Å². The third-order valence-corrected chi connectivity index (χ3v) is 3.75. The maximum atomic E-state index is 11.4. The fraction of sp³-hybridized carbons (Fsp3) is 0.250. The molecule has 0 atom stereocenters. The Balaban J connectivity index is 1.97. The first-order chi connectivity index (χ1) is 9.20. The third-order valence-electron chi connectivity index (χ3n) is 2.17. The molecule has 0 saturated carbocycles. The second-order valence-corrected chi connectivity index (χ2v) is 5.27. The molecule has 0 bridgehead atoms. The lowest BCUT2D eigenvalue weighted by Crippen LogP contribution is -2.03. The first kappa shape index (κ1) is 14.0. The molecule has 19 heavy (non-hydrogen) atoms. The molecular weight excluding hydrogens is 332 g/mol. The lowest BCUT2D eigenvalue weighted by Gasteiger charge is -2.03. The van der Waals surface area contributed by atoms with Crippen molar-refractivity contribution in [2.24, 2.45) is 0 Å². The zero-order chi connectivity index (χ0) is 13.7. The molecule has 1 aromatic carbocycles. The first-order valence-electron chi connectivity index (χ1n) is 5.57. The highest BCUT2D eigenvalue weighted by Crippen LogP contribution is 2.22. The van der Waals surface area contributed by atoms with Gasteiger partial charge in [-0.25, -0.2) is 4.79 Å². The Bertz CT molecular complexity index is 574. The highest BCUT2D eigenvalue weighted by molar-refractivity contribution is 9.10. The average Bonchev–Trinajstić information content (AvgIpc) is 2.87. The van der Waals surface area contributed by atoms with Gasteiger partial charge in [-0.2, -0.15) is 0 Å². The Morgan fingerprint density at radius 1 is 1.37 bits per heavy atom.